The number of allylic oxidation sites excluding steroid dienone is 4. The molecule has 0 saturated carbocycles. The zero-order valence-corrected chi connectivity index (χ0v) is 5.87. The third-order valence-electron chi connectivity index (χ3n) is 1.22. The van der Waals surface area contributed by atoms with Crippen molar-refractivity contribution in [2.45, 2.75) is 12.4 Å². The second-order valence-electron chi connectivity index (χ2n) is 2.21. The van der Waals surface area contributed by atoms with Gasteiger partial charge in [-0.25, -0.2) is 5.32 Å². The summed E-state index contributed by atoms with van der Waals surface area (Å²) in [4.78, 5) is 0. The Kier molecular flexibility index (Phi) is 2.05. The number of alkyl halides is 6. The summed E-state index contributed by atoms with van der Waals surface area (Å²) in [6.45, 7) is 0. The van der Waals surface area contributed by atoms with Crippen LogP contribution in [0.5, 0.6) is 0 Å². The van der Waals surface area contributed by atoms with Gasteiger partial charge in [0, 0.05) is 0 Å². The molecule has 0 saturated heterocycles. The van der Waals surface area contributed by atoms with E-state index in [4.69, 9.17) is 0 Å². The first kappa shape index (κ1) is 9.94. The number of nitrogens with zero attached hydrogens (tertiary/aromatic N) is 1. The molecular formula is C6H2F6N. The van der Waals surface area contributed by atoms with E-state index < -0.39 is 23.7 Å². The van der Waals surface area contributed by atoms with E-state index in [0.717, 1.165) is 0 Å². The van der Waals surface area contributed by atoms with Crippen molar-refractivity contribution in [1.29, 1.82) is 0 Å². The first-order valence-corrected chi connectivity index (χ1v) is 2.99. The van der Waals surface area contributed by atoms with Gasteiger partial charge in [0.15, 0.2) is 0 Å². The molecule has 7 heteroatoms. The van der Waals surface area contributed by atoms with E-state index in [-0.39, 0.29) is 0 Å². The second kappa shape index (κ2) is 2.68. The Morgan fingerprint density at radius 1 is 0.769 bits per heavy atom. The average Bonchev–Trinajstić information content (AvgIpc) is 2.28. The van der Waals surface area contributed by atoms with E-state index >= 15 is 0 Å². The Bertz CT molecular complexity index is 240. The van der Waals surface area contributed by atoms with Crippen LogP contribution in [0.2, 0.25) is 0 Å². The average molecular weight is 202 g/mol. The first-order valence-electron chi connectivity index (χ1n) is 2.99. The van der Waals surface area contributed by atoms with Crippen LogP contribution in [0.3, 0.4) is 0 Å². The lowest BCUT2D eigenvalue weighted by atomic mass is 10.4. The van der Waals surface area contributed by atoms with E-state index in [0.29, 0.717) is 12.2 Å². The molecule has 0 N–H and O–H groups in total. The van der Waals surface area contributed by atoms with E-state index in [9.17, 15) is 26.3 Å². The summed E-state index contributed by atoms with van der Waals surface area (Å²) >= 11 is 0. The van der Waals surface area contributed by atoms with Gasteiger partial charge in [-0.2, -0.15) is 26.3 Å². The second-order valence-corrected chi connectivity index (χ2v) is 2.21. The van der Waals surface area contributed by atoms with Crippen molar-refractivity contribution < 1.29 is 26.3 Å². The van der Waals surface area contributed by atoms with Gasteiger partial charge >= 0.3 is 12.4 Å². The number of halogens is 6. The van der Waals surface area contributed by atoms with Gasteiger partial charge in [0.25, 0.3) is 0 Å². The highest BCUT2D eigenvalue weighted by molar-refractivity contribution is 5.31. The molecule has 73 valence electrons. The van der Waals surface area contributed by atoms with Crippen molar-refractivity contribution in [3.8, 4) is 0 Å². The molecule has 0 aromatic carbocycles. The maximum absolute atomic E-state index is 11.8. The van der Waals surface area contributed by atoms with Crippen molar-refractivity contribution in [2.75, 3.05) is 0 Å². The highest BCUT2D eigenvalue weighted by atomic mass is 19.4. The molecule has 0 unspecified atom stereocenters. The standard InChI is InChI=1S/C6H2F6N/c7-5(8,9)3-1-2-4(13-3)6(10,11)12/h1-2H. The van der Waals surface area contributed by atoms with E-state index in [1.165, 1.54) is 0 Å². The van der Waals surface area contributed by atoms with Crippen LogP contribution < -0.4 is 5.32 Å². The van der Waals surface area contributed by atoms with Crippen LogP contribution in [0.15, 0.2) is 23.5 Å². The fraction of sp³-hybridized carbons (Fsp3) is 0.333. The van der Waals surface area contributed by atoms with Gasteiger partial charge in [0.1, 0.15) is 11.4 Å². The zero-order chi connectivity index (χ0) is 10.3. The Balaban J connectivity index is 2.71. The van der Waals surface area contributed by atoms with Crippen LogP contribution in [0.4, 0.5) is 26.3 Å². The van der Waals surface area contributed by atoms with E-state index in [1.807, 2.05) is 0 Å². The van der Waals surface area contributed by atoms with Crippen molar-refractivity contribution >= 4 is 0 Å². The number of rotatable bonds is 0. The maximum Gasteiger partial charge on any atom is 0.433 e. The normalized spacial score (nSPS) is 18.0. The summed E-state index contributed by atoms with van der Waals surface area (Å²) in [6, 6.07) is 0. The van der Waals surface area contributed by atoms with Gasteiger partial charge in [0.2, 0.25) is 0 Å². The van der Waals surface area contributed by atoms with Crippen LogP contribution in [0.1, 0.15) is 0 Å². The molecule has 1 heterocycles. The molecule has 1 nitrogen and oxygen atoms in total. The highest BCUT2D eigenvalue weighted by Gasteiger charge is 2.44. The molecule has 1 aliphatic heterocycles. The molecule has 1 rings (SSSR count). The molecule has 1 radical (unpaired) electrons. The maximum atomic E-state index is 11.8. The predicted octanol–water partition coefficient (Wildman–Crippen LogP) is 2.50. The first-order chi connectivity index (χ1) is 5.71. The summed E-state index contributed by atoms with van der Waals surface area (Å²) in [7, 11) is 0. The van der Waals surface area contributed by atoms with Crippen molar-refractivity contribution in [3.63, 3.8) is 0 Å². The SMILES string of the molecule is FC(F)(F)C1=CC=C(C(F)(F)F)[N]1. The third kappa shape index (κ3) is 2.16. The van der Waals surface area contributed by atoms with Gasteiger partial charge in [-0.15, -0.1) is 0 Å². The lowest BCUT2D eigenvalue weighted by Crippen LogP contribution is -2.24. The smallest absolute Gasteiger partial charge is 0.239 e. The molecule has 0 aromatic heterocycles. The van der Waals surface area contributed by atoms with Gasteiger partial charge in [-0.3, -0.25) is 0 Å². The lowest BCUT2D eigenvalue weighted by molar-refractivity contribution is -0.109. The quantitative estimate of drug-likeness (QED) is 0.536. The monoisotopic (exact) mass is 202 g/mol. The minimum Gasteiger partial charge on any atom is -0.239 e. The van der Waals surface area contributed by atoms with Gasteiger partial charge in [-0.05, 0) is 12.2 Å². The van der Waals surface area contributed by atoms with Crippen molar-refractivity contribution in [1.82, 2.24) is 5.32 Å². The largest absolute Gasteiger partial charge is 0.433 e. The predicted molar refractivity (Wildman–Crippen MR) is 30.4 cm³/mol. The van der Waals surface area contributed by atoms with E-state index in [1.54, 1.807) is 0 Å². The minimum atomic E-state index is -4.83. The van der Waals surface area contributed by atoms with Gasteiger partial charge in [0.05, 0.1) is 0 Å². The molecule has 0 aliphatic carbocycles. The minimum absolute atomic E-state index is 0.294. The number of hydrogen-bond acceptors (Lipinski definition) is 0. The summed E-state index contributed by atoms with van der Waals surface area (Å²) in [6.07, 6.45) is -9.07. The Labute approximate surface area is 68.7 Å². The Morgan fingerprint density at radius 3 is 1.23 bits per heavy atom. The molecule has 0 amide bonds. The molecule has 0 aromatic rings. The summed E-state index contributed by atoms with van der Waals surface area (Å²) in [5.74, 6) is 0. The van der Waals surface area contributed by atoms with Crippen LogP contribution >= 0.6 is 0 Å². The summed E-state index contributed by atoms with van der Waals surface area (Å²) < 4.78 is 70.6. The van der Waals surface area contributed by atoms with E-state index in [2.05, 4.69) is 5.32 Å². The van der Waals surface area contributed by atoms with Crippen molar-refractivity contribution in [3.05, 3.63) is 23.5 Å². The van der Waals surface area contributed by atoms with Crippen LogP contribution in [0.25, 0.3) is 0 Å². The molecule has 0 atom stereocenters. The molecular weight excluding hydrogens is 200 g/mol. The Hall–Kier alpha value is -1.14. The summed E-state index contributed by atoms with van der Waals surface area (Å²) in [5, 5.41) is 2.40. The lowest BCUT2D eigenvalue weighted by Gasteiger charge is -2.10. The van der Waals surface area contributed by atoms with Gasteiger partial charge < -0.3 is 0 Å². The van der Waals surface area contributed by atoms with Crippen molar-refractivity contribution in [2.24, 2.45) is 0 Å². The molecule has 0 bridgehead atoms. The fourth-order valence-electron chi connectivity index (χ4n) is 0.678. The molecule has 13 heavy (non-hydrogen) atoms. The topological polar surface area (TPSA) is 14.1 Å². The third-order valence-corrected chi connectivity index (χ3v) is 1.22. The Morgan fingerprint density at radius 2 is 1.08 bits per heavy atom. The zero-order valence-electron chi connectivity index (χ0n) is 5.87. The molecule has 0 fully saturated rings. The molecule has 0 spiro atoms. The van der Waals surface area contributed by atoms with Crippen LogP contribution in [-0.4, -0.2) is 12.4 Å². The fourth-order valence-corrected chi connectivity index (χ4v) is 0.678. The van der Waals surface area contributed by atoms with Crippen LogP contribution in [0, 0.1) is 0 Å². The number of hydrogen-bond donors (Lipinski definition) is 0. The van der Waals surface area contributed by atoms with Crippen LogP contribution in [-0.2, 0) is 0 Å². The molecule has 1 aliphatic rings. The summed E-state index contributed by atoms with van der Waals surface area (Å²) in [5.41, 5.74) is -3.06. The van der Waals surface area contributed by atoms with Gasteiger partial charge in [-0.1, -0.05) is 0 Å². The highest BCUT2D eigenvalue weighted by Crippen LogP contribution is 2.34.